The smallest absolute Gasteiger partial charge is 0.366 e. The van der Waals surface area contributed by atoms with Gasteiger partial charge in [0.25, 0.3) is 0 Å². The van der Waals surface area contributed by atoms with Crippen molar-refractivity contribution in [3.8, 4) is 5.69 Å². The monoisotopic (exact) mass is 281 g/mol. The summed E-state index contributed by atoms with van der Waals surface area (Å²) in [5.74, 6) is 0.260. The number of hydrogen-bond acceptors (Lipinski definition) is 5. The summed E-state index contributed by atoms with van der Waals surface area (Å²) >= 11 is 0. The van der Waals surface area contributed by atoms with E-state index >= 15 is 0 Å². The quantitative estimate of drug-likeness (QED) is 0.865. The summed E-state index contributed by atoms with van der Waals surface area (Å²) in [6, 6.07) is 9.36. The molecule has 0 radical (unpaired) electrons. The van der Waals surface area contributed by atoms with Crippen LogP contribution in [0.4, 0.5) is 5.82 Å². The Morgan fingerprint density at radius 3 is 2.32 bits per heavy atom. The van der Waals surface area contributed by atoms with Crippen LogP contribution < -0.4 is 11.0 Å². The lowest BCUT2D eigenvalue weighted by Gasteiger charge is -2.13. The molecule has 0 fully saturated rings. The van der Waals surface area contributed by atoms with Gasteiger partial charge in [0.15, 0.2) is 0 Å². The third kappa shape index (κ3) is 2.30. The fourth-order valence-electron chi connectivity index (χ4n) is 1.90. The van der Waals surface area contributed by atoms with E-state index in [1.807, 2.05) is 30.3 Å². The topological polar surface area (TPSA) is 79.4 Å². The molecule has 2 aromatic rings. The van der Waals surface area contributed by atoms with E-state index in [0.29, 0.717) is 11.0 Å². The zero-order chi connectivity index (χ0) is 14.0. The summed E-state index contributed by atoms with van der Waals surface area (Å²) in [4.78, 5) is 0. The minimum atomic E-state index is -3.42. The number of aryl methyl sites for hydroxylation is 1. The lowest BCUT2D eigenvalue weighted by atomic mass is 10.3. The van der Waals surface area contributed by atoms with Crippen LogP contribution in [0.25, 0.3) is 5.69 Å². The highest BCUT2D eigenvalue weighted by molar-refractivity contribution is 7.62. The maximum atomic E-state index is 12.5. The van der Waals surface area contributed by atoms with E-state index < -0.39 is 7.60 Å². The van der Waals surface area contributed by atoms with Crippen LogP contribution in [0.1, 0.15) is 5.69 Å². The van der Waals surface area contributed by atoms with Gasteiger partial charge < -0.3 is 14.8 Å². The third-order valence-electron chi connectivity index (χ3n) is 2.82. The van der Waals surface area contributed by atoms with Gasteiger partial charge >= 0.3 is 7.60 Å². The Labute approximate surface area is 111 Å². The van der Waals surface area contributed by atoms with Gasteiger partial charge in [0.1, 0.15) is 11.1 Å². The molecule has 102 valence electrons. The van der Waals surface area contributed by atoms with Crippen molar-refractivity contribution in [3.63, 3.8) is 0 Å². The molecule has 1 aromatic carbocycles. The highest BCUT2D eigenvalue weighted by atomic mass is 31.2. The summed E-state index contributed by atoms with van der Waals surface area (Å²) in [5, 5.41) is 4.61. The van der Waals surface area contributed by atoms with Crippen LogP contribution >= 0.6 is 7.60 Å². The van der Waals surface area contributed by atoms with Crippen LogP contribution in [0, 0.1) is 6.92 Å². The van der Waals surface area contributed by atoms with Crippen molar-refractivity contribution in [2.45, 2.75) is 6.92 Å². The van der Waals surface area contributed by atoms with Gasteiger partial charge in [-0.3, -0.25) is 4.57 Å². The molecule has 0 amide bonds. The summed E-state index contributed by atoms with van der Waals surface area (Å²) in [5.41, 5.74) is 7.35. The Morgan fingerprint density at radius 1 is 1.21 bits per heavy atom. The maximum absolute atomic E-state index is 12.5. The Bertz CT molecular complexity index is 617. The second-order valence-electron chi connectivity index (χ2n) is 3.93. The van der Waals surface area contributed by atoms with Crippen molar-refractivity contribution in [2.24, 2.45) is 0 Å². The predicted octanol–water partition coefficient (Wildman–Crippen LogP) is 1.87. The van der Waals surface area contributed by atoms with Crippen LogP contribution in [0.5, 0.6) is 0 Å². The fourth-order valence-corrected chi connectivity index (χ4v) is 3.23. The van der Waals surface area contributed by atoms with Crippen LogP contribution in [0.15, 0.2) is 30.3 Å². The standard InChI is InChI=1S/C12H16N3O3P/c1-9-11(19(16,17-2)18-3)12(13)15(14-9)10-7-5-4-6-8-10/h4-8H,13H2,1-3H3. The van der Waals surface area contributed by atoms with E-state index in [9.17, 15) is 4.57 Å². The molecular weight excluding hydrogens is 265 g/mol. The molecule has 19 heavy (non-hydrogen) atoms. The Hall–Kier alpha value is -1.62. The number of anilines is 1. The van der Waals surface area contributed by atoms with Crippen molar-refractivity contribution in [1.82, 2.24) is 9.78 Å². The van der Waals surface area contributed by atoms with Crippen LogP contribution in [0.2, 0.25) is 0 Å². The molecule has 0 aliphatic heterocycles. The summed E-state index contributed by atoms with van der Waals surface area (Å²) in [7, 11) is -0.772. The van der Waals surface area contributed by atoms with E-state index in [-0.39, 0.29) is 5.82 Å². The molecule has 0 saturated carbocycles. The Balaban J connectivity index is 2.62. The van der Waals surface area contributed by atoms with E-state index in [0.717, 1.165) is 5.69 Å². The molecule has 0 saturated heterocycles. The second kappa shape index (κ2) is 5.17. The lowest BCUT2D eigenvalue weighted by molar-refractivity contribution is 0.287. The summed E-state index contributed by atoms with van der Waals surface area (Å²) in [6.07, 6.45) is 0. The van der Waals surface area contributed by atoms with Gasteiger partial charge in [-0.1, -0.05) is 18.2 Å². The van der Waals surface area contributed by atoms with Crippen molar-refractivity contribution < 1.29 is 13.6 Å². The van der Waals surface area contributed by atoms with E-state index in [2.05, 4.69) is 5.10 Å². The molecule has 2 rings (SSSR count). The van der Waals surface area contributed by atoms with Crippen molar-refractivity contribution in [1.29, 1.82) is 0 Å². The van der Waals surface area contributed by atoms with E-state index in [1.54, 1.807) is 6.92 Å². The summed E-state index contributed by atoms with van der Waals surface area (Å²) < 4.78 is 24.0. The fraction of sp³-hybridized carbons (Fsp3) is 0.250. The average molecular weight is 281 g/mol. The second-order valence-corrected chi connectivity index (χ2v) is 6.10. The highest BCUT2D eigenvalue weighted by Gasteiger charge is 2.33. The minimum Gasteiger partial charge on any atom is -0.383 e. The summed E-state index contributed by atoms with van der Waals surface area (Å²) in [6.45, 7) is 1.72. The zero-order valence-electron chi connectivity index (χ0n) is 11.0. The average Bonchev–Trinajstić information content (AvgIpc) is 2.75. The number of hydrogen-bond donors (Lipinski definition) is 1. The van der Waals surface area contributed by atoms with Gasteiger partial charge in [-0.2, -0.15) is 5.10 Å². The number of rotatable bonds is 4. The molecule has 0 spiro atoms. The largest absolute Gasteiger partial charge is 0.383 e. The number of nitrogen functional groups attached to an aromatic ring is 1. The molecular formula is C12H16N3O3P. The lowest BCUT2D eigenvalue weighted by Crippen LogP contribution is -2.15. The maximum Gasteiger partial charge on any atom is 0.366 e. The first-order chi connectivity index (χ1) is 9.03. The minimum absolute atomic E-state index is 0.260. The molecule has 0 bridgehead atoms. The number of para-hydroxylation sites is 1. The predicted molar refractivity (Wildman–Crippen MR) is 74.0 cm³/mol. The SMILES string of the molecule is COP(=O)(OC)c1c(C)nn(-c2ccccc2)c1N. The molecule has 0 atom stereocenters. The van der Waals surface area contributed by atoms with Crippen LogP contribution in [-0.4, -0.2) is 24.0 Å². The van der Waals surface area contributed by atoms with Gasteiger partial charge in [0.2, 0.25) is 0 Å². The van der Waals surface area contributed by atoms with E-state index in [1.165, 1.54) is 18.9 Å². The highest BCUT2D eigenvalue weighted by Crippen LogP contribution is 2.47. The van der Waals surface area contributed by atoms with Crippen LogP contribution in [-0.2, 0) is 13.6 Å². The first kappa shape index (κ1) is 13.8. The molecule has 6 nitrogen and oxygen atoms in total. The molecule has 2 N–H and O–H groups in total. The Morgan fingerprint density at radius 2 is 1.79 bits per heavy atom. The molecule has 0 aliphatic carbocycles. The van der Waals surface area contributed by atoms with Crippen molar-refractivity contribution in [2.75, 3.05) is 20.0 Å². The first-order valence-electron chi connectivity index (χ1n) is 5.66. The van der Waals surface area contributed by atoms with Crippen molar-refractivity contribution in [3.05, 3.63) is 36.0 Å². The Kier molecular flexibility index (Phi) is 3.75. The van der Waals surface area contributed by atoms with E-state index in [4.69, 9.17) is 14.8 Å². The molecule has 1 aromatic heterocycles. The van der Waals surface area contributed by atoms with Gasteiger partial charge in [0, 0.05) is 14.2 Å². The van der Waals surface area contributed by atoms with Crippen LogP contribution in [0.3, 0.4) is 0 Å². The number of nitrogens with two attached hydrogens (primary N) is 1. The third-order valence-corrected chi connectivity index (χ3v) is 4.88. The number of nitrogens with zero attached hydrogens (tertiary/aromatic N) is 2. The van der Waals surface area contributed by atoms with Gasteiger partial charge in [0.05, 0.1) is 11.4 Å². The number of aromatic nitrogens is 2. The molecule has 0 aliphatic rings. The molecule has 7 heteroatoms. The normalized spacial score (nSPS) is 11.7. The van der Waals surface area contributed by atoms with Gasteiger partial charge in [-0.05, 0) is 19.1 Å². The van der Waals surface area contributed by atoms with Gasteiger partial charge in [-0.15, -0.1) is 0 Å². The van der Waals surface area contributed by atoms with Gasteiger partial charge in [-0.25, -0.2) is 4.68 Å². The molecule has 0 unspecified atom stereocenters. The van der Waals surface area contributed by atoms with Crippen molar-refractivity contribution >= 4 is 18.7 Å². The zero-order valence-corrected chi connectivity index (χ0v) is 11.9. The number of benzene rings is 1. The molecule has 1 heterocycles. The first-order valence-corrected chi connectivity index (χ1v) is 7.20.